The van der Waals surface area contributed by atoms with Gasteiger partial charge in [-0.25, -0.2) is 0 Å². The zero-order valence-electron chi connectivity index (χ0n) is 18.6. The Kier molecular flexibility index (Phi) is 6.74. The minimum Gasteiger partial charge on any atom is -0.350 e. The summed E-state index contributed by atoms with van der Waals surface area (Å²) in [6.45, 7) is 6.19. The number of para-hydroxylation sites is 2. The normalized spacial score (nSPS) is 11.0. The summed E-state index contributed by atoms with van der Waals surface area (Å²) in [6.07, 6.45) is 3.67. The van der Waals surface area contributed by atoms with Gasteiger partial charge in [-0.15, -0.1) is 16.8 Å². The van der Waals surface area contributed by atoms with Crippen molar-refractivity contribution in [2.45, 2.75) is 25.0 Å². The highest BCUT2D eigenvalue weighted by atomic mass is 32.2. The van der Waals surface area contributed by atoms with Crippen molar-refractivity contribution in [1.29, 1.82) is 0 Å². The number of carbonyl (C=O) groups is 2. The number of ketones is 1. The van der Waals surface area contributed by atoms with E-state index in [4.69, 9.17) is 0 Å². The van der Waals surface area contributed by atoms with Crippen molar-refractivity contribution in [3.8, 4) is 0 Å². The lowest BCUT2D eigenvalue weighted by atomic mass is 10.1. The number of fused-ring (bicyclic) bond motifs is 1. The van der Waals surface area contributed by atoms with Crippen molar-refractivity contribution in [2.75, 3.05) is 11.1 Å². The van der Waals surface area contributed by atoms with Crippen molar-refractivity contribution in [3.63, 3.8) is 0 Å². The first-order valence-electron chi connectivity index (χ1n) is 10.6. The molecule has 0 aliphatic carbocycles. The maximum Gasteiger partial charge on any atom is 0.232 e. The van der Waals surface area contributed by atoms with E-state index in [9.17, 15) is 9.59 Å². The highest BCUT2D eigenvalue weighted by Crippen LogP contribution is 2.24. The van der Waals surface area contributed by atoms with E-state index in [0.717, 1.165) is 22.2 Å². The number of anilines is 1. The molecule has 0 saturated carbocycles. The molecular formula is C25H25N5O2S. The Morgan fingerprint density at radius 1 is 1.12 bits per heavy atom. The van der Waals surface area contributed by atoms with Crippen molar-refractivity contribution >= 4 is 40.0 Å². The molecule has 0 fully saturated rings. The first-order valence-corrected chi connectivity index (χ1v) is 11.5. The van der Waals surface area contributed by atoms with Crippen LogP contribution < -0.4 is 5.32 Å². The van der Waals surface area contributed by atoms with Crippen molar-refractivity contribution in [3.05, 3.63) is 84.3 Å². The molecule has 1 N–H and O–H groups in total. The Balaban J connectivity index is 1.47. The van der Waals surface area contributed by atoms with Gasteiger partial charge in [0.05, 0.1) is 12.2 Å². The molecule has 0 atom stereocenters. The third kappa shape index (κ3) is 4.90. The van der Waals surface area contributed by atoms with Crippen LogP contribution in [0.15, 0.2) is 72.5 Å². The second-order valence-corrected chi connectivity index (χ2v) is 8.66. The van der Waals surface area contributed by atoms with Crippen LogP contribution in [0.1, 0.15) is 21.7 Å². The second kappa shape index (κ2) is 9.87. The summed E-state index contributed by atoms with van der Waals surface area (Å²) in [6, 6.07) is 15.5. The zero-order valence-corrected chi connectivity index (χ0v) is 19.4. The lowest BCUT2D eigenvalue weighted by Gasteiger charge is -2.09. The molecule has 4 aromatic rings. The standard InChI is InChI=1S/C25H25N5O2S/c1-4-13-30-23(14-24(32)26-20-11-7-5-9-17(20)2)27-28-25(30)33-16-22(31)19-15-29(3)21-12-8-6-10-18(19)21/h4-12,15H,1,13-14,16H2,2-3H3,(H,26,32). The van der Waals surface area contributed by atoms with Gasteiger partial charge in [-0.1, -0.05) is 54.2 Å². The molecule has 0 bridgehead atoms. The summed E-state index contributed by atoms with van der Waals surface area (Å²) >= 11 is 1.31. The highest BCUT2D eigenvalue weighted by molar-refractivity contribution is 7.99. The van der Waals surface area contributed by atoms with E-state index >= 15 is 0 Å². The molecule has 2 heterocycles. The van der Waals surface area contributed by atoms with Gasteiger partial charge >= 0.3 is 0 Å². The molecule has 4 rings (SSSR count). The molecule has 0 spiro atoms. The van der Waals surface area contributed by atoms with Crippen molar-refractivity contribution in [2.24, 2.45) is 7.05 Å². The van der Waals surface area contributed by atoms with Gasteiger partial charge in [0.1, 0.15) is 5.82 Å². The van der Waals surface area contributed by atoms with E-state index < -0.39 is 0 Å². The lowest BCUT2D eigenvalue weighted by molar-refractivity contribution is -0.115. The molecular weight excluding hydrogens is 434 g/mol. The summed E-state index contributed by atoms with van der Waals surface area (Å²) in [5, 5.41) is 12.9. The largest absolute Gasteiger partial charge is 0.350 e. The first-order chi connectivity index (χ1) is 16.0. The number of carbonyl (C=O) groups excluding carboxylic acids is 2. The maximum atomic E-state index is 13.0. The Bertz CT molecular complexity index is 1340. The van der Waals surface area contributed by atoms with Crippen LogP contribution in [-0.2, 0) is 24.8 Å². The number of thioether (sulfide) groups is 1. The first kappa shape index (κ1) is 22.5. The van der Waals surface area contributed by atoms with Crippen LogP contribution in [0.3, 0.4) is 0 Å². The molecule has 33 heavy (non-hydrogen) atoms. The third-order valence-corrected chi connectivity index (χ3v) is 6.34. The number of aryl methyl sites for hydroxylation is 2. The molecule has 168 valence electrons. The van der Waals surface area contributed by atoms with Gasteiger partial charge in [0.2, 0.25) is 5.91 Å². The van der Waals surface area contributed by atoms with E-state index in [2.05, 4.69) is 22.1 Å². The van der Waals surface area contributed by atoms with Crippen LogP contribution in [0.25, 0.3) is 10.9 Å². The molecule has 0 aliphatic rings. The van der Waals surface area contributed by atoms with Gasteiger partial charge in [0, 0.05) is 41.9 Å². The SMILES string of the molecule is C=CCn1c(CC(=O)Nc2ccccc2C)nnc1SCC(=O)c1cn(C)c2ccccc12. The van der Waals surface area contributed by atoms with E-state index in [0.29, 0.717) is 23.1 Å². The van der Waals surface area contributed by atoms with Crippen LogP contribution in [-0.4, -0.2) is 36.8 Å². The quantitative estimate of drug-likeness (QED) is 0.228. The number of amides is 1. The minimum atomic E-state index is -0.176. The molecule has 0 unspecified atom stereocenters. The average molecular weight is 460 g/mol. The summed E-state index contributed by atoms with van der Waals surface area (Å²) in [5.41, 5.74) is 3.46. The fourth-order valence-electron chi connectivity index (χ4n) is 3.69. The number of rotatable bonds is 9. The van der Waals surface area contributed by atoms with E-state index in [1.165, 1.54) is 11.8 Å². The minimum absolute atomic E-state index is 0.0174. The Labute approximate surface area is 196 Å². The molecule has 1 amide bonds. The Morgan fingerprint density at radius 2 is 1.88 bits per heavy atom. The topological polar surface area (TPSA) is 81.8 Å². The Hall–Kier alpha value is -3.65. The number of benzene rings is 2. The molecule has 0 aliphatic heterocycles. The van der Waals surface area contributed by atoms with Crippen LogP contribution in [0, 0.1) is 6.92 Å². The number of hydrogen-bond donors (Lipinski definition) is 1. The fraction of sp³-hybridized carbons (Fsp3) is 0.200. The van der Waals surface area contributed by atoms with Gasteiger partial charge in [-0.3, -0.25) is 9.59 Å². The number of Topliss-reactive ketones (excluding diaryl/α,β-unsaturated/α-hetero) is 1. The number of allylic oxidation sites excluding steroid dienone is 1. The van der Waals surface area contributed by atoms with Gasteiger partial charge in [0.25, 0.3) is 0 Å². The molecule has 7 nitrogen and oxygen atoms in total. The van der Waals surface area contributed by atoms with Crippen LogP contribution in [0.5, 0.6) is 0 Å². The van der Waals surface area contributed by atoms with Gasteiger partial charge in [-0.2, -0.15) is 0 Å². The monoisotopic (exact) mass is 459 g/mol. The molecule has 0 radical (unpaired) electrons. The lowest BCUT2D eigenvalue weighted by Crippen LogP contribution is -2.18. The van der Waals surface area contributed by atoms with Crippen molar-refractivity contribution in [1.82, 2.24) is 19.3 Å². The van der Waals surface area contributed by atoms with E-state index in [1.54, 1.807) is 6.08 Å². The van der Waals surface area contributed by atoms with Gasteiger partial charge in [-0.05, 0) is 24.6 Å². The summed E-state index contributed by atoms with van der Waals surface area (Å²) in [5.74, 6) is 0.592. The second-order valence-electron chi connectivity index (χ2n) is 7.72. The van der Waals surface area contributed by atoms with E-state index in [1.807, 2.05) is 77.8 Å². The van der Waals surface area contributed by atoms with Crippen LogP contribution in [0.2, 0.25) is 0 Å². The number of nitrogens with one attached hydrogen (secondary N) is 1. The predicted molar refractivity (Wildman–Crippen MR) is 132 cm³/mol. The Morgan fingerprint density at radius 3 is 2.67 bits per heavy atom. The van der Waals surface area contributed by atoms with Crippen LogP contribution in [0.4, 0.5) is 5.69 Å². The van der Waals surface area contributed by atoms with Gasteiger partial charge < -0.3 is 14.5 Å². The summed E-state index contributed by atoms with van der Waals surface area (Å²) in [4.78, 5) is 25.6. The summed E-state index contributed by atoms with van der Waals surface area (Å²) < 4.78 is 3.78. The molecule has 2 aromatic carbocycles. The molecule has 8 heteroatoms. The number of aromatic nitrogens is 4. The molecule has 0 saturated heterocycles. The summed E-state index contributed by atoms with van der Waals surface area (Å²) in [7, 11) is 1.93. The maximum absolute atomic E-state index is 13.0. The van der Waals surface area contributed by atoms with Gasteiger partial charge in [0.15, 0.2) is 10.9 Å². The van der Waals surface area contributed by atoms with E-state index in [-0.39, 0.29) is 23.9 Å². The smallest absolute Gasteiger partial charge is 0.232 e. The predicted octanol–water partition coefficient (Wildman–Crippen LogP) is 4.42. The average Bonchev–Trinajstić information content (AvgIpc) is 3.35. The number of hydrogen-bond acceptors (Lipinski definition) is 5. The van der Waals surface area contributed by atoms with Crippen LogP contribution >= 0.6 is 11.8 Å². The van der Waals surface area contributed by atoms with Crippen molar-refractivity contribution < 1.29 is 9.59 Å². The highest BCUT2D eigenvalue weighted by Gasteiger charge is 2.19. The fourth-order valence-corrected chi connectivity index (χ4v) is 4.54. The third-order valence-electron chi connectivity index (χ3n) is 5.37. The zero-order chi connectivity index (χ0) is 23.4. The molecule has 2 aromatic heterocycles. The number of nitrogens with zero attached hydrogens (tertiary/aromatic N) is 4.